The summed E-state index contributed by atoms with van der Waals surface area (Å²) in [7, 11) is 0. The number of carbonyl (C=O) groups is 2. The van der Waals surface area contributed by atoms with Crippen LogP contribution >= 0.6 is 0 Å². The highest BCUT2D eigenvalue weighted by atomic mass is 16.3. The molecule has 0 radical (unpaired) electrons. The van der Waals surface area contributed by atoms with Crippen LogP contribution in [0.15, 0.2) is 60.8 Å². The summed E-state index contributed by atoms with van der Waals surface area (Å²) in [5, 5.41) is 25.2. The minimum atomic E-state index is -0.246. The van der Waals surface area contributed by atoms with Crippen molar-refractivity contribution in [3.05, 3.63) is 60.8 Å². The van der Waals surface area contributed by atoms with Crippen molar-refractivity contribution in [2.75, 3.05) is 13.1 Å². The molecule has 5 rings (SSSR count). The number of nitrogens with zero attached hydrogens (tertiary/aromatic N) is 1. The summed E-state index contributed by atoms with van der Waals surface area (Å²) >= 11 is 0. The normalized spacial score (nSPS) is 36.1. The number of likely N-dealkylation sites (tertiary alicyclic amines) is 1. The first kappa shape index (κ1) is 42.7. The zero-order chi connectivity index (χ0) is 38.6. The highest BCUT2D eigenvalue weighted by Gasteiger charge is 2.62. The molecule has 1 heterocycles. The summed E-state index contributed by atoms with van der Waals surface area (Å²) in [6.07, 6.45) is 39.8. The van der Waals surface area contributed by atoms with Crippen molar-refractivity contribution in [2.45, 2.75) is 168 Å². The number of nitrogens with one attached hydrogen (secondary N) is 1. The second-order valence-corrected chi connectivity index (χ2v) is 18.5. The van der Waals surface area contributed by atoms with Crippen molar-refractivity contribution in [1.29, 1.82) is 0 Å². The molecule has 1 unspecified atom stereocenters. The van der Waals surface area contributed by atoms with Crippen LogP contribution in [0.3, 0.4) is 0 Å². The van der Waals surface area contributed by atoms with Crippen LogP contribution in [0, 0.1) is 46.3 Å². The van der Waals surface area contributed by atoms with Crippen LogP contribution in [0.1, 0.15) is 150 Å². The van der Waals surface area contributed by atoms with Gasteiger partial charge in [-0.2, -0.15) is 0 Å². The highest BCUT2D eigenvalue weighted by molar-refractivity contribution is 5.78. The van der Waals surface area contributed by atoms with Crippen LogP contribution in [-0.2, 0) is 9.59 Å². The average molecular weight is 745 g/mol. The molecule has 2 amide bonds. The Morgan fingerprint density at radius 1 is 0.778 bits per heavy atom. The molecule has 4 saturated carbocycles. The molecule has 1 aliphatic heterocycles. The molecule has 3 N–H and O–H groups in total. The smallest absolute Gasteiger partial charge is 0.222 e. The summed E-state index contributed by atoms with van der Waals surface area (Å²) in [6.45, 7) is 10.9. The van der Waals surface area contributed by atoms with Crippen molar-refractivity contribution in [3.8, 4) is 0 Å². The van der Waals surface area contributed by atoms with Crippen LogP contribution in [0.4, 0.5) is 0 Å². The first-order valence-corrected chi connectivity index (χ1v) is 22.2. The van der Waals surface area contributed by atoms with Gasteiger partial charge in [-0.1, -0.05) is 88.5 Å². The molecule has 0 bridgehead atoms. The van der Waals surface area contributed by atoms with E-state index < -0.39 is 0 Å². The molecule has 0 aromatic carbocycles. The van der Waals surface area contributed by atoms with E-state index in [1.807, 2.05) is 4.90 Å². The van der Waals surface area contributed by atoms with E-state index in [4.69, 9.17) is 0 Å². The van der Waals surface area contributed by atoms with E-state index in [0.717, 1.165) is 90.0 Å². The van der Waals surface area contributed by atoms with Gasteiger partial charge in [-0.3, -0.25) is 9.59 Å². The summed E-state index contributed by atoms with van der Waals surface area (Å²) in [4.78, 5) is 28.0. The Balaban J connectivity index is 0.942. The van der Waals surface area contributed by atoms with Gasteiger partial charge in [0.2, 0.25) is 11.8 Å². The van der Waals surface area contributed by atoms with Gasteiger partial charge in [-0.25, -0.2) is 0 Å². The Labute approximate surface area is 329 Å². The van der Waals surface area contributed by atoms with E-state index in [0.29, 0.717) is 54.9 Å². The lowest BCUT2D eigenvalue weighted by Crippen LogP contribution is -2.58. The molecular weight excluding hydrogens is 669 g/mol. The maximum Gasteiger partial charge on any atom is 0.222 e. The van der Waals surface area contributed by atoms with Crippen molar-refractivity contribution >= 4 is 11.8 Å². The minimum Gasteiger partial charge on any atom is -0.393 e. The number of unbranched alkanes of at least 4 members (excludes halogenated alkanes) is 1. The lowest BCUT2D eigenvalue weighted by molar-refractivity contribution is -0.174. The van der Waals surface area contributed by atoms with Crippen molar-refractivity contribution in [2.24, 2.45) is 46.3 Å². The van der Waals surface area contributed by atoms with E-state index in [9.17, 15) is 19.8 Å². The molecule has 11 atom stereocenters. The molecule has 302 valence electrons. The molecule has 0 aromatic rings. The third kappa shape index (κ3) is 10.9. The Hall–Kier alpha value is -2.44. The van der Waals surface area contributed by atoms with Crippen LogP contribution in [0.5, 0.6) is 0 Å². The molecule has 0 aromatic heterocycles. The molecular formula is C48H76N2O4. The number of aliphatic hydroxyl groups is 2. The van der Waals surface area contributed by atoms with Gasteiger partial charge in [0.15, 0.2) is 0 Å². The monoisotopic (exact) mass is 745 g/mol. The molecule has 4 aliphatic carbocycles. The second-order valence-electron chi connectivity index (χ2n) is 18.5. The first-order chi connectivity index (χ1) is 26.1. The molecule has 6 nitrogen and oxygen atoms in total. The largest absolute Gasteiger partial charge is 0.393 e. The van der Waals surface area contributed by atoms with Crippen LogP contribution in [0.25, 0.3) is 0 Å². The predicted molar refractivity (Wildman–Crippen MR) is 222 cm³/mol. The summed E-state index contributed by atoms with van der Waals surface area (Å²) in [5.74, 6) is 3.36. The second kappa shape index (κ2) is 20.6. The predicted octanol–water partition coefficient (Wildman–Crippen LogP) is 10.0. The fraction of sp³-hybridized carbons (Fsp3) is 0.750. The Morgan fingerprint density at radius 2 is 1.41 bits per heavy atom. The number of hydrogen-bond donors (Lipinski definition) is 3. The Morgan fingerprint density at radius 3 is 2.09 bits per heavy atom. The lowest BCUT2D eigenvalue weighted by Gasteiger charge is -2.62. The van der Waals surface area contributed by atoms with Crippen molar-refractivity contribution in [1.82, 2.24) is 10.2 Å². The lowest BCUT2D eigenvalue weighted by atomic mass is 9.43. The van der Waals surface area contributed by atoms with Crippen LogP contribution in [-0.4, -0.2) is 58.3 Å². The zero-order valence-corrected chi connectivity index (χ0v) is 34.5. The van der Waals surface area contributed by atoms with Crippen molar-refractivity contribution in [3.63, 3.8) is 0 Å². The van der Waals surface area contributed by atoms with Gasteiger partial charge in [0.25, 0.3) is 0 Å². The van der Waals surface area contributed by atoms with E-state index >= 15 is 0 Å². The summed E-state index contributed by atoms with van der Waals surface area (Å²) < 4.78 is 0. The topological polar surface area (TPSA) is 89.9 Å². The zero-order valence-electron chi connectivity index (χ0n) is 34.5. The first-order valence-electron chi connectivity index (χ1n) is 22.2. The highest BCUT2D eigenvalue weighted by Crippen LogP contribution is 2.68. The third-order valence-corrected chi connectivity index (χ3v) is 15.1. The van der Waals surface area contributed by atoms with E-state index in [-0.39, 0.29) is 40.9 Å². The number of aliphatic hydroxyl groups excluding tert-OH is 2. The van der Waals surface area contributed by atoms with Gasteiger partial charge in [0.05, 0.1) is 12.2 Å². The number of fused-ring (bicyclic) bond motifs is 5. The van der Waals surface area contributed by atoms with Gasteiger partial charge in [-0.05, 0) is 155 Å². The number of carbonyl (C=O) groups excluding carboxylic acids is 2. The fourth-order valence-electron chi connectivity index (χ4n) is 12.0. The maximum atomic E-state index is 13.1. The average Bonchev–Trinajstić information content (AvgIpc) is 3.76. The van der Waals surface area contributed by atoms with Crippen molar-refractivity contribution < 1.29 is 19.8 Å². The molecule has 5 fully saturated rings. The third-order valence-electron chi connectivity index (χ3n) is 15.1. The van der Waals surface area contributed by atoms with E-state index in [1.54, 1.807) is 0 Å². The van der Waals surface area contributed by atoms with Gasteiger partial charge in [0.1, 0.15) is 0 Å². The minimum absolute atomic E-state index is 0.0604. The fourth-order valence-corrected chi connectivity index (χ4v) is 12.0. The number of hydrogen-bond acceptors (Lipinski definition) is 4. The van der Waals surface area contributed by atoms with Crippen LogP contribution < -0.4 is 5.32 Å². The van der Waals surface area contributed by atoms with E-state index in [1.165, 1.54) is 25.7 Å². The summed E-state index contributed by atoms with van der Waals surface area (Å²) in [6, 6.07) is 0.0604. The quantitative estimate of drug-likeness (QED) is 0.0963. The van der Waals surface area contributed by atoms with E-state index in [2.05, 4.69) is 93.8 Å². The molecule has 6 heteroatoms. The SMILES string of the molecule is CCC=CCC=CCC=CCC=CCC=CCCCC(=O)N1CC[C@@H](NC(=O)CC[C@@H](C)C2CC[C@H]3[C@@H]4[C@H](O)C[C@@H]5C[C@H](O)CC[C@]5(C)[C@H]4CC[C@]23C)C1. The number of rotatable bonds is 18. The van der Waals surface area contributed by atoms with Gasteiger partial charge < -0.3 is 20.4 Å². The molecule has 5 aliphatic rings. The Kier molecular flexibility index (Phi) is 16.3. The molecule has 1 saturated heterocycles. The standard InChI is InChI=1S/C48H76N2O4/c1-5-6-7-8-9-10-11-12-13-14-15-16-17-18-19-20-21-22-45(54)50-32-29-38(35-50)49-44(53)26-23-36(2)40-24-25-41-46-42(28-31-48(40,41)4)47(3)30-27-39(51)33-37(47)34-43(46)52/h6-7,9-10,12-13,15-16,18-19,36-43,46,51-52H,5,8,11,14,17,20-35H2,1-4H3,(H,49,53)/t36-,37+,38-,39-,40?,41+,42+,43-,46+,47+,48-/m1/s1. The molecule has 54 heavy (non-hydrogen) atoms. The van der Waals surface area contributed by atoms with Gasteiger partial charge >= 0.3 is 0 Å². The van der Waals surface area contributed by atoms with Gasteiger partial charge in [0, 0.05) is 32.0 Å². The summed E-state index contributed by atoms with van der Waals surface area (Å²) in [5.41, 5.74) is 0.485. The Bertz CT molecular complexity index is 1350. The van der Waals surface area contributed by atoms with Gasteiger partial charge in [-0.15, -0.1) is 0 Å². The molecule has 0 spiro atoms. The van der Waals surface area contributed by atoms with Crippen LogP contribution in [0.2, 0.25) is 0 Å². The number of allylic oxidation sites excluding steroid dienone is 10. The maximum absolute atomic E-state index is 13.1. The number of amides is 2.